The summed E-state index contributed by atoms with van der Waals surface area (Å²) in [6.45, 7) is 4.86. The molecule has 58 heavy (non-hydrogen) atoms. The van der Waals surface area contributed by atoms with Crippen LogP contribution in [0, 0.1) is 0 Å². The number of esters is 1. The molecule has 0 spiro atoms. The predicted molar refractivity (Wildman–Crippen MR) is 250 cm³/mol. The lowest BCUT2D eigenvalue weighted by atomic mass is 10.0. The van der Waals surface area contributed by atoms with E-state index in [0.29, 0.717) is 19.4 Å². The van der Waals surface area contributed by atoms with Gasteiger partial charge in [-0.05, 0) is 57.8 Å². The van der Waals surface area contributed by atoms with Crippen LogP contribution in [-0.2, 0) is 14.3 Å². The third-order valence-electron chi connectivity index (χ3n) is 11.7. The molecule has 6 nitrogen and oxygen atoms in total. The van der Waals surface area contributed by atoms with E-state index in [0.717, 1.165) is 70.6 Å². The average molecular weight is 818 g/mol. The first kappa shape index (κ1) is 56.3. The maximum absolute atomic E-state index is 12.4. The van der Waals surface area contributed by atoms with Crippen LogP contribution in [-0.4, -0.2) is 47.4 Å². The van der Waals surface area contributed by atoms with E-state index in [2.05, 4.69) is 31.3 Å². The Morgan fingerprint density at radius 1 is 0.466 bits per heavy atom. The van der Waals surface area contributed by atoms with Crippen molar-refractivity contribution in [3.63, 3.8) is 0 Å². The number of carbonyl (C=O) groups is 2. The van der Waals surface area contributed by atoms with Crippen molar-refractivity contribution < 1.29 is 24.5 Å². The molecule has 0 heterocycles. The van der Waals surface area contributed by atoms with Gasteiger partial charge >= 0.3 is 5.97 Å². The molecule has 0 aliphatic rings. The summed E-state index contributed by atoms with van der Waals surface area (Å²) >= 11 is 0. The van der Waals surface area contributed by atoms with Gasteiger partial charge in [-0.3, -0.25) is 9.59 Å². The van der Waals surface area contributed by atoms with Crippen molar-refractivity contribution in [2.75, 3.05) is 13.2 Å². The third-order valence-corrected chi connectivity index (χ3v) is 11.7. The van der Waals surface area contributed by atoms with Gasteiger partial charge in [0.2, 0.25) is 5.91 Å². The molecule has 0 aromatic carbocycles. The highest BCUT2D eigenvalue weighted by atomic mass is 16.5. The summed E-state index contributed by atoms with van der Waals surface area (Å²) in [5.41, 5.74) is 0. The third kappa shape index (κ3) is 43.9. The molecule has 342 valence electrons. The summed E-state index contributed by atoms with van der Waals surface area (Å²) in [7, 11) is 0. The lowest BCUT2D eigenvalue weighted by molar-refractivity contribution is -0.143. The van der Waals surface area contributed by atoms with Crippen LogP contribution in [0.4, 0.5) is 0 Å². The number of aliphatic hydroxyl groups is 2. The fourth-order valence-electron chi connectivity index (χ4n) is 7.74. The van der Waals surface area contributed by atoms with Gasteiger partial charge in [-0.1, -0.05) is 224 Å². The minimum atomic E-state index is -0.860. The molecule has 0 saturated carbocycles. The molecule has 6 heteroatoms. The molecule has 0 aliphatic carbocycles. The predicted octanol–water partition coefficient (Wildman–Crippen LogP) is 15.1. The number of aliphatic hydroxyl groups excluding tert-OH is 2. The van der Waals surface area contributed by atoms with Gasteiger partial charge in [0.05, 0.1) is 25.4 Å². The molecule has 0 fully saturated rings. The summed E-state index contributed by atoms with van der Waals surface area (Å²) in [6, 6.07) is -0.647. The fourth-order valence-corrected chi connectivity index (χ4v) is 7.74. The molecule has 0 aromatic rings. The molecule has 2 unspecified atom stereocenters. The normalized spacial score (nSPS) is 12.8. The van der Waals surface area contributed by atoms with Crippen molar-refractivity contribution in [1.29, 1.82) is 0 Å². The van der Waals surface area contributed by atoms with E-state index in [1.807, 2.05) is 6.08 Å². The van der Waals surface area contributed by atoms with E-state index >= 15 is 0 Å². The zero-order valence-corrected chi connectivity index (χ0v) is 38.8. The molecule has 0 radical (unpaired) electrons. The van der Waals surface area contributed by atoms with Crippen molar-refractivity contribution in [3.05, 3.63) is 24.3 Å². The Labute approximate surface area is 361 Å². The average Bonchev–Trinajstić information content (AvgIpc) is 3.22. The number of hydrogen-bond acceptors (Lipinski definition) is 5. The minimum absolute atomic E-state index is 0.0121. The number of rotatable bonds is 47. The van der Waals surface area contributed by atoms with Gasteiger partial charge in [-0.25, -0.2) is 0 Å². The number of amides is 1. The Morgan fingerprint density at radius 2 is 0.810 bits per heavy atom. The maximum Gasteiger partial charge on any atom is 0.305 e. The largest absolute Gasteiger partial charge is 0.466 e. The first-order valence-electron chi connectivity index (χ1n) is 25.6. The SMILES string of the molecule is CCCCCCCCCCCCCC/C=C/C(O)C(CO)NC(=O)CCCCC/C=C\CCCCCCCCOC(=O)CCCCCCCCCCCCCCCC. The smallest absolute Gasteiger partial charge is 0.305 e. The molecular weight excluding hydrogens is 719 g/mol. The molecule has 0 saturated heterocycles. The summed E-state index contributed by atoms with van der Waals surface area (Å²) < 4.78 is 5.45. The fraction of sp³-hybridized carbons (Fsp3) is 0.885. The van der Waals surface area contributed by atoms with Crippen molar-refractivity contribution in [1.82, 2.24) is 5.32 Å². The zero-order valence-electron chi connectivity index (χ0n) is 38.8. The standard InChI is InChI=1S/C52H99NO5/c1-3-5-7-9-11-13-15-17-20-24-28-32-36-40-44-50(55)49(48-54)53-51(56)45-41-37-33-29-25-21-19-23-27-31-35-39-43-47-58-52(57)46-42-38-34-30-26-22-18-16-14-12-10-8-6-4-2/h21,25,40,44,49-50,54-55H,3-20,22-24,26-39,41-43,45-48H2,1-2H3,(H,53,56)/b25-21-,44-40+. The maximum atomic E-state index is 12.4. The van der Waals surface area contributed by atoms with E-state index in [4.69, 9.17) is 4.74 Å². The van der Waals surface area contributed by atoms with Gasteiger partial charge in [0, 0.05) is 12.8 Å². The van der Waals surface area contributed by atoms with Crippen LogP contribution < -0.4 is 5.32 Å². The van der Waals surface area contributed by atoms with Crippen LogP contribution in [0.2, 0.25) is 0 Å². The second-order valence-corrected chi connectivity index (χ2v) is 17.5. The van der Waals surface area contributed by atoms with Crippen LogP contribution in [0.1, 0.15) is 271 Å². The second-order valence-electron chi connectivity index (χ2n) is 17.5. The van der Waals surface area contributed by atoms with Gasteiger partial charge in [0.1, 0.15) is 0 Å². The molecular formula is C52H99NO5. The number of carbonyl (C=O) groups excluding carboxylic acids is 2. The summed E-state index contributed by atoms with van der Waals surface area (Å²) in [5, 5.41) is 23.0. The monoisotopic (exact) mass is 818 g/mol. The molecule has 0 bridgehead atoms. The molecule has 0 aromatic heterocycles. The minimum Gasteiger partial charge on any atom is -0.466 e. The zero-order chi connectivity index (χ0) is 42.3. The Balaban J connectivity index is 3.52. The van der Waals surface area contributed by atoms with Crippen molar-refractivity contribution in [3.8, 4) is 0 Å². The van der Waals surface area contributed by atoms with Gasteiger partial charge in [0.15, 0.2) is 0 Å². The van der Waals surface area contributed by atoms with Crippen LogP contribution in [0.5, 0.6) is 0 Å². The first-order chi connectivity index (χ1) is 28.5. The molecule has 3 N–H and O–H groups in total. The quantitative estimate of drug-likeness (QED) is 0.0323. The van der Waals surface area contributed by atoms with Crippen molar-refractivity contribution in [2.45, 2.75) is 283 Å². The van der Waals surface area contributed by atoms with E-state index < -0.39 is 12.1 Å². The summed E-state index contributed by atoms with van der Waals surface area (Å²) in [6.07, 6.45) is 56.0. The van der Waals surface area contributed by atoms with Gasteiger partial charge in [-0.2, -0.15) is 0 Å². The second kappa shape index (κ2) is 48.0. The molecule has 0 aliphatic heterocycles. The van der Waals surface area contributed by atoms with Crippen molar-refractivity contribution >= 4 is 11.9 Å². The Morgan fingerprint density at radius 3 is 1.24 bits per heavy atom. The van der Waals surface area contributed by atoms with Crippen LogP contribution in [0.25, 0.3) is 0 Å². The number of hydrogen-bond donors (Lipinski definition) is 3. The lowest BCUT2D eigenvalue weighted by Gasteiger charge is -2.19. The first-order valence-corrected chi connectivity index (χ1v) is 25.6. The van der Waals surface area contributed by atoms with Crippen molar-refractivity contribution in [2.24, 2.45) is 0 Å². The van der Waals surface area contributed by atoms with Crippen LogP contribution >= 0.6 is 0 Å². The van der Waals surface area contributed by atoms with Gasteiger partial charge in [-0.15, -0.1) is 0 Å². The Bertz CT molecular complexity index is 904. The number of allylic oxidation sites excluding steroid dienone is 3. The highest BCUT2D eigenvalue weighted by molar-refractivity contribution is 5.76. The van der Waals surface area contributed by atoms with E-state index in [-0.39, 0.29) is 18.5 Å². The van der Waals surface area contributed by atoms with Crippen LogP contribution in [0.3, 0.4) is 0 Å². The topological polar surface area (TPSA) is 95.9 Å². The number of unbranched alkanes of at least 4 members (excludes halogenated alkanes) is 34. The Kier molecular flexibility index (Phi) is 46.6. The van der Waals surface area contributed by atoms with Gasteiger partial charge in [0.25, 0.3) is 0 Å². The Hall–Kier alpha value is -1.66. The van der Waals surface area contributed by atoms with E-state index in [1.165, 1.54) is 173 Å². The molecule has 0 rings (SSSR count). The highest BCUT2D eigenvalue weighted by Gasteiger charge is 2.18. The van der Waals surface area contributed by atoms with E-state index in [9.17, 15) is 19.8 Å². The molecule has 1 amide bonds. The summed E-state index contributed by atoms with van der Waals surface area (Å²) in [4.78, 5) is 24.4. The number of ether oxygens (including phenoxy) is 1. The number of nitrogens with one attached hydrogen (secondary N) is 1. The van der Waals surface area contributed by atoms with Crippen LogP contribution in [0.15, 0.2) is 24.3 Å². The van der Waals surface area contributed by atoms with Gasteiger partial charge < -0.3 is 20.3 Å². The molecule has 2 atom stereocenters. The lowest BCUT2D eigenvalue weighted by Crippen LogP contribution is -2.45. The highest BCUT2D eigenvalue weighted by Crippen LogP contribution is 2.15. The summed E-state index contributed by atoms with van der Waals surface area (Å²) in [5.74, 6) is -0.110. The van der Waals surface area contributed by atoms with E-state index in [1.54, 1.807) is 6.08 Å².